The van der Waals surface area contributed by atoms with E-state index in [1.54, 1.807) is 0 Å². The van der Waals surface area contributed by atoms with Gasteiger partial charge in [0.25, 0.3) is 0 Å². The van der Waals surface area contributed by atoms with Gasteiger partial charge in [0, 0.05) is 31.5 Å². The molecule has 2 N–H and O–H groups in total. The summed E-state index contributed by atoms with van der Waals surface area (Å²) in [6.07, 6.45) is 4.91. The van der Waals surface area contributed by atoms with Gasteiger partial charge in [-0.3, -0.25) is 4.79 Å². The number of aliphatic hydroxyl groups is 1. The summed E-state index contributed by atoms with van der Waals surface area (Å²) >= 11 is 0. The third-order valence-corrected chi connectivity index (χ3v) is 3.96. The van der Waals surface area contributed by atoms with Gasteiger partial charge in [0.1, 0.15) is 5.60 Å². The van der Waals surface area contributed by atoms with Crippen LogP contribution in [0.5, 0.6) is 0 Å². The van der Waals surface area contributed by atoms with Gasteiger partial charge in [0.05, 0.1) is 5.41 Å². The minimum Gasteiger partial charge on any atom is -0.459 e. The first-order chi connectivity index (χ1) is 8.40. The maximum atomic E-state index is 12.6. The first-order valence-electron chi connectivity index (χ1n) is 6.62. The van der Waals surface area contributed by atoms with Gasteiger partial charge >= 0.3 is 5.97 Å². The molecule has 1 aliphatic heterocycles. The Kier molecular flexibility index (Phi) is 3.52. The predicted molar refractivity (Wildman–Crippen MR) is 69.0 cm³/mol. The van der Waals surface area contributed by atoms with E-state index in [4.69, 9.17) is 4.74 Å². The van der Waals surface area contributed by atoms with Gasteiger partial charge in [-0.1, -0.05) is 12.2 Å². The lowest BCUT2D eigenvalue weighted by Gasteiger charge is -2.41. The van der Waals surface area contributed by atoms with E-state index >= 15 is 0 Å². The summed E-state index contributed by atoms with van der Waals surface area (Å²) in [5.74, 6) is -0.0796. The molecule has 4 heteroatoms. The van der Waals surface area contributed by atoms with Crippen LogP contribution in [0.15, 0.2) is 12.2 Å². The Morgan fingerprint density at radius 3 is 2.89 bits per heavy atom. The zero-order chi connectivity index (χ0) is 13.4. The molecular formula is C14H23NO3. The molecule has 3 unspecified atom stereocenters. The van der Waals surface area contributed by atoms with Crippen LogP contribution in [0, 0.1) is 17.3 Å². The van der Waals surface area contributed by atoms with E-state index in [0.717, 1.165) is 13.0 Å². The van der Waals surface area contributed by atoms with Crippen LogP contribution in [-0.2, 0) is 9.53 Å². The normalized spacial score (nSPS) is 35.3. The van der Waals surface area contributed by atoms with Crippen molar-refractivity contribution in [1.82, 2.24) is 5.32 Å². The van der Waals surface area contributed by atoms with E-state index < -0.39 is 11.0 Å². The Morgan fingerprint density at radius 2 is 2.28 bits per heavy atom. The summed E-state index contributed by atoms with van der Waals surface area (Å²) in [7, 11) is 0. The molecule has 4 nitrogen and oxygen atoms in total. The summed E-state index contributed by atoms with van der Waals surface area (Å²) in [5, 5.41) is 12.9. The number of hydrogen-bond acceptors (Lipinski definition) is 4. The molecule has 1 aliphatic carbocycles. The van der Waals surface area contributed by atoms with Gasteiger partial charge in [-0.15, -0.1) is 0 Å². The Labute approximate surface area is 108 Å². The molecule has 1 saturated heterocycles. The lowest BCUT2D eigenvalue weighted by molar-refractivity contribution is -0.173. The lowest BCUT2D eigenvalue weighted by atomic mass is 9.64. The van der Waals surface area contributed by atoms with Crippen LogP contribution in [0.25, 0.3) is 0 Å². The monoisotopic (exact) mass is 253 g/mol. The first kappa shape index (κ1) is 13.6. The molecule has 0 amide bonds. The quantitative estimate of drug-likeness (QED) is 0.571. The van der Waals surface area contributed by atoms with E-state index in [2.05, 4.69) is 17.5 Å². The highest BCUT2D eigenvalue weighted by molar-refractivity contribution is 5.79. The molecule has 0 aromatic carbocycles. The van der Waals surface area contributed by atoms with Gasteiger partial charge in [0.2, 0.25) is 0 Å². The van der Waals surface area contributed by atoms with Crippen LogP contribution in [0.1, 0.15) is 27.2 Å². The Bertz CT molecular complexity index is 359. The minimum absolute atomic E-state index is 0.0295. The molecule has 2 aliphatic rings. The molecule has 3 atom stereocenters. The van der Waals surface area contributed by atoms with Crippen molar-refractivity contribution in [3.63, 3.8) is 0 Å². The van der Waals surface area contributed by atoms with Crippen molar-refractivity contribution in [2.45, 2.75) is 32.8 Å². The molecular weight excluding hydrogens is 230 g/mol. The number of esters is 1. The molecule has 0 saturated carbocycles. The number of rotatable bonds is 2. The molecule has 0 bridgehead atoms. The Balaban J connectivity index is 2.29. The average Bonchev–Trinajstić information content (AvgIpc) is 2.70. The summed E-state index contributed by atoms with van der Waals surface area (Å²) in [5.41, 5.74) is -1.07. The van der Waals surface area contributed by atoms with Crippen molar-refractivity contribution in [3.8, 4) is 0 Å². The van der Waals surface area contributed by atoms with E-state index in [9.17, 15) is 9.90 Å². The Hall–Kier alpha value is -0.870. The van der Waals surface area contributed by atoms with Gasteiger partial charge in [-0.05, 0) is 27.2 Å². The predicted octanol–water partition coefficient (Wildman–Crippen LogP) is 1.10. The molecule has 0 radical (unpaired) electrons. The van der Waals surface area contributed by atoms with E-state index in [0.29, 0.717) is 6.54 Å². The largest absolute Gasteiger partial charge is 0.459 e. The second-order valence-electron chi connectivity index (χ2n) is 6.32. The third-order valence-electron chi connectivity index (χ3n) is 3.96. The molecule has 2 rings (SSSR count). The number of allylic oxidation sites excluding steroid dienone is 1. The molecule has 0 aromatic heterocycles. The van der Waals surface area contributed by atoms with E-state index in [-0.39, 0.29) is 24.4 Å². The van der Waals surface area contributed by atoms with Gasteiger partial charge in [-0.2, -0.15) is 0 Å². The topological polar surface area (TPSA) is 58.6 Å². The van der Waals surface area contributed by atoms with Crippen LogP contribution in [0.4, 0.5) is 0 Å². The second kappa shape index (κ2) is 4.67. The highest BCUT2D eigenvalue weighted by Crippen LogP contribution is 2.46. The number of hydrogen-bond donors (Lipinski definition) is 2. The molecule has 1 fully saturated rings. The van der Waals surface area contributed by atoms with Gasteiger partial charge in [-0.25, -0.2) is 0 Å². The van der Waals surface area contributed by atoms with Gasteiger partial charge < -0.3 is 15.2 Å². The fraction of sp³-hybridized carbons (Fsp3) is 0.786. The fourth-order valence-electron chi connectivity index (χ4n) is 3.05. The molecule has 0 aromatic rings. The summed E-state index contributed by atoms with van der Waals surface area (Å²) in [4.78, 5) is 12.6. The average molecular weight is 253 g/mol. The number of fused-ring (bicyclic) bond motifs is 1. The molecule has 102 valence electrons. The van der Waals surface area contributed by atoms with Crippen LogP contribution in [0.2, 0.25) is 0 Å². The highest BCUT2D eigenvalue weighted by atomic mass is 16.6. The highest BCUT2D eigenvalue weighted by Gasteiger charge is 2.55. The number of aliphatic hydroxyl groups excluding tert-OH is 1. The summed E-state index contributed by atoms with van der Waals surface area (Å²) in [6, 6.07) is 0. The van der Waals surface area contributed by atoms with Crippen LogP contribution in [0.3, 0.4) is 0 Å². The standard InChI is InChI=1S/C14H23NO3/c1-13(2,3)18-12(17)14-9-15-7-10(14)5-4-6-11(14)8-16/h4-5,10-11,15-16H,6-9H2,1-3H3. The lowest BCUT2D eigenvalue weighted by Crippen LogP contribution is -2.50. The van der Waals surface area contributed by atoms with E-state index in [1.807, 2.05) is 20.8 Å². The van der Waals surface area contributed by atoms with Crippen molar-refractivity contribution in [2.75, 3.05) is 19.7 Å². The van der Waals surface area contributed by atoms with Crippen LogP contribution < -0.4 is 5.32 Å². The van der Waals surface area contributed by atoms with Crippen LogP contribution >= 0.6 is 0 Å². The SMILES string of the molecule is CC(C)(C)OC(=O)C12CNCC1C=CCC2CO. The smallest absolute Gasteiger partial charge is 0.314 e. The maximum Gasteiger partial charge on any atom is 0.314 e. The number of ether oxygens (including phenoxy) is 1. The Morgan fingerprint density at radius 1 is 1.56 bits per heavy atom. The second-order valence-corrected chi connectivity index (χ2v) is 6.32. The van der Waals surface area contributed by atoms with Crippen molar-refractivity contribution in [3.05, 3.63) is 12.2 Å². The summed E-state index contributed by atoms with van der Waals surface area (Å²) in [6.45, 7) is 7.05. The fourth-order valence-corrected chi connectivity index (χ4v) is 3.05. The molecule has 18 heavy (non-hydrogen) atoms. The van der Waals surface area contributed by atoms with Crippen molar-refractivity contribution in [1.29, 1.82) is 0 Å². The third kappa shape index (κ3) is 2.19. The van der Waals surface area contributed by atoms with Crippen molar-refractivity contribution in [2.24, 2.45) is 17.3 Å². The van der Waals surface area contributed by atoms with Crippen LogP contribution in [-0.4, -0.2) is 36.4 Å². The number of carbonyl (C=O) groups is 1. The maximum absolute atomic E-state index is 12.6. The van der Waals surface area contributed by atoms with Crippen molar-refractivity contribution >= 4 is 5.97 Å². The van der Waals surface area contributed by atoms with E-state index in [1.165, 1.54) is 0 Å². The summed E-state index contributed by atoms with van der Waals surface area (Å²) < 4.78 is 5.59. The molecule has 1 heterocycles. The first-order valence-corrected chi connectivity index (χ1v) is 6.62. The number of carbonyl (C=O) groups excluding carboxylic acids is 1. The zero-order valence-corrected chi connectivity index (χ0v) is 11.4. The van der Waals surface area contributed by atoms with Gasteiger partial charge in [0.15, 0.2) is 0 Å². The molecule has 0 spiro atoms. The zero-order valence-electron chi connectivity index (χ0n) is 11.4. The number of nitrogens with one attached hydrogen (secondary N) is 1. The van der Waals surface area contributed by atoms with Crippen molar-refractivity contribution < 1.29 is 14.6 Å². The minimum atomic E-state index is -0.587.